The standard InChI is InChI=1S/C16H9ClN2O2S/c17-9-4-3-5-10(8-9)19-15(20)13-14(16(19)21)22-12-7-2-1-6-11(12)18-13/h1-8,18H. The first-order chi connectivity index (χ1) is 10.6. The SMILES string of the molecule is O=c1c2[nH]c3ccccc3sc=2c(=O)n1-c1cccc(Cl)c1. The van der Waals surface area contributed by atoms with E-state index in [1.807, 2.05) is 24.3 Å². The van der Waals surface area contributed by atoms with Gasteiger partial charge in [-0.2, -0.15) is 0 Å². The molecule has 0 aliphatic carbocycles. The second-order valence-corrected chi connectivity index (χ2v) is 6.34. The van der Waals surface area contributed by atoms with Crippen LogP contribution >= 0.6 is 22.9 Å². The lowest BCUT2D eigenvalue weighted by atomic mass is 10.3. The van der Waals surface area contributed by atoms with Gasteiger partial charge in [-0.3, -0.25) is 9.59 Å². The highest BCUT2D eigenvalue weighted by Gasteiger charge is 2.13. The van der Waals surface area contributed by atoms with E-state index in [1.54, 1.807) is 24.3 Å². The van der Waals surface area contributed by atoms with E-state index in [0.717, 1.165) is 14.8 Å². The molecule has 0 fully saturated rings. The van der Waals surface area contributed by atoms with Gasteiger partial charge in [-0.15, -0.1) is 11.3 Å². The van der Waals surface area contributed by atoms with Crippen molar-refractivity contribution in [3.63, 3.8) is 0 Å². The maximum absolute atomic E-state index is 12.6. The normalized spacial score (nSPS) is 11.3. The molecule has 2 aromatic rings. The molecule has 2 aliphatic rings. The van der Waals surface area contributed by atoms with Gasteiger partial charge in [0, 0.05) is 5.02 Å². The average molecular weight is 329 g/mol. The second-order valence-electron chi connectivity index (χ2n) is 4.85. The largest absolute Gasteiger partial charge is 0.349 e. The van der Waals surface area contributed by atoms with Crippen LogP contribution < -0.4 is 11.1 Å². The van der Waals surface area contributed by atoms with Crippen LogP contribution in [0.15, 0.2) is 58.1 Å². The molecule has 4 rings (SSSR count). The van der Waals surface area contributed by atoms with E-state index in [4.69, 9.17) is 11.6 Å². The van der Waals surface area contributed by atoms with Crippen molar-refractivity contribution in [2.45, 2.75) is 0 Å². The van der Waals surface area contributed by atoms with Gasteiger partial charge < -0.3 is 4.98 Å². The Hall–Kier alpha value is -2.37. The number of aromatic nitrogens is 2. The summed E-state index contributed by atoms with van der Waals surface area (Å²) in [5, 5.41) is 0.806. The zero-order chi connectivity index (χ0) is 15.3. The molecule has 0 aromatic heterocycles. The van der Waals surface area contributed by atoms with Gasteiger partial charge in [0.15, 0.2) is 0 Å². The highest BCUT2D eigenvalue weighted by molar-refractivity contribution is 7.16. The summed E-state index contributed by atoms with van der Waals surface area (Å²) < 4.78 is 2.50. The molecule has 0 saturated carbocycles. The van der Waals surface area contributed by atoms with Crippen molar-refractivity contribution in [3.8, 4) is 5.69 Å². The summed E-state index contributed by atoms with van der Waals surface area (Å²) in [5.74, 6) is 0. The highest BCUT2D eigenvalue weighted by Crippen LogP contribution is 2.17. The van der Waals surface area contributed by atoms with E-state index in [0.29, 0.717) is 20.6 Å². The summed E-state index contributed by atoms with van der Waals surface area (Å²) in [6.07, 6.45) is 0. The van der Waals surface area contributed by atoms with Gasteiger partial charge >= 0.3 is 0 Å². The Morgan fingerprint density at radius 3 is 2.64 bits per heavy atom. The molecule has 22 heavy (non-hydrogen) atoms. The van der Waals surface area contributed by atoms with Gasteiger partial charge in [0.05, 0.1) is 15.9 Å². The second kappa shape index (κ2) is 4.83. The molecule has 4 nitrogen and oxygen atoms in total. The molecule has 0 unspecified atom stereocenters. The first-order valence-electron chi connectivity index (χ1n) is 6.58. The van der Waals surface area contributed by atoms with Crippen molar-refractivity contribution < 1.29 is 0 Å². The smallest absolute Gasteiger partial charge is 0.283 e. The zero-order valence-corrected chi connectivity index (χ0v) is 12.7. The third kappa shape index (κ3) is 1.90. The number of benzene rings is 2. The van der Waals surface area contributed by atoms with Crippen LogP contribution in [0.2, 0.25) is 5.02 Å². The minimum atomic E-state index is -0.357. The maximum Gasteiger partial charge on any atom is 0.283 e. The lowest BCUT2D eigenvalue weighted by molar-refractivity contribution is 0.967. The molecule has 0 spiro atoms. The fraction of sp³-hybridized carbons (Fsp3) is 0. The monoisotopic (exact) mass is 328 g/mol. The summed E-state index contributed by atoms with van der Waals surface area (Å²) in [6.45, 7) is 0. The molecule has 2 heterocycles. The summed E-state index contributed by atoms with van der Waals surface area (Å²) in [4.78, 5) is 28.3. The van der Waals surface area contributed by atoms with Gasteiger partial charge in [-0.05, 0) is 30.3 Å². The van der Waals surface area contributed by atoms with E-state index in [1.165, 1.54) is 11.3 Å². The Labute approximate surface area is 132 Å². The minimum Gasteiger partial charge on any atom is -0.349 e. The van der Waals surface area contributed by atoms with Crippen LogP contribution in [-0.2, 0) is 0 Å². The van der Waals surface area contributed by atoms with Crippen molar-refractivity contribution in [1.29, 1.82) is 0 Å². The number of halogens is 1. The lowest BCUT2D eigenvalue weighted by Gasteiger charge is -1.99. The van der Waals surface area contributed by atoms with Crippen LogP contribution in [0.4, 0.5) is 0 Å². The topological polar surface area (TPSA) is 54.9 Å². The molecule has 2 aromatic carbocycles. The van der Waals surface area contributed by atoms with E-state index >= 15 is 0 Å². The first-order valence-corrected chi connectivity index (χ1v) is 7.77. The van der Waals surface area contributed by atoms with E-state index in [2.05, 4.69) is 4.98 Å². The van der Waals surface area contributed by atoms with Gasteiger partial charge in [-0.1, -0.05) is 29.8 Å². The third-order valence-electron chi connectivity index (χ3n) is 3.47. The van der Waals surface area contributed by atoms with Crippen molar-refractivity contribution in [2.75, 3.05) is 0 Å². The first kappa shape index (κ1) is 13.3. The van der Waals surface area contributed by atoms with Crippen LogP contribution in [0.5, 0.6) is 0 Å². The molecule has 0 saturated heterocycles. The van der Waals surface area contributed by atoms with Crippen molar-refractivity contribution in [1.82, 2.24) is 9.55 Å². The van der Waals surface area contributed by atoms with Crippen LogP contribution in [0.1, 0.15) is 0 Å². The number of hydrogen-bond acceptors (Lipinski definition) is 3. The number of hydrogen-bond donors (Lipinski definition) is 1. The van der Waals surface area contributed by atoms with Gasteiger partial charge in [0.25, 0.3) is 11.1 Å². The molecular weight excluding hydrogens is 320 g/mol. The molecule has 1 N–H and O–H groups in total. The molecule has 0 radical (unpaired) electrons. The highest BCUT2D eigenvalue weighted by atomic mass is 35.5. The zero-order valence-electron chi connectivity index (χ0n) is 11.2. The summed E-state index contributed by atoms with van der Waals surface area (Å²) in [5.41, 5.74) is 0.627. The fourth-order valence-corrected chi connectivity index (χ4v) is 3.67. The van der Waals surface area contributed by atoms with Gasteiger partial charge in [0.1, 0.15) is 9.88 Å². The summed E-state index contributed by atoms with van der Waals surface area (Å²) >= 11 is 7.28. The Morgan fingerprint density at radius 2 is 1.82 bits per heavy atom. The van der Waals surface area contributed by atoms with Crippen LogP contribution in [0.3, 0.4) is 0 Å². The van der Waals surface area contributed by atoms with E-state index in [-0.39, 0.29) is 11.1 Å². The quantitative estimate of drug-likeness (QED) is 0.583. The number of fused-ring (bicyclic) bond motifs is 1. The van der Waals surface area contributed by atoms with Crippen molar-refractivity contribution in [3.05, 3.63) is 84.1 Å². The Balaban J connectivity index is 2.17. The lowest BCUT2D eigenvalue weighted by Crippen LogP contribution is -2.24. The molecule has 0 bridgehead atoms. The Kier molecular flexibility index (Phi) is 2.92. The molecule has 0 amide bonds. The molecule has 2 aliphatic heterocycles. The molecular formula is C16H9ClN2O2S. The average Bonchev–Trinajstić information content (AvgIpc) is 2.76. The molecule has 108 valence electrons. The number of H-pyrrole nitrogens is 1. The number of aromatic amines is 1. The number of rotatable bonds is 1. The predicted molar refractivity (Wildman–Crippen MR) is 88.4 cm³/mol. The van der Waals surface area contributed by atoms with Crippen molar-refractivity contribution in [2.24, 2.45) is 0 Å². The Bertz CT molecular complexity index is 1120. The van der Waals surface area contributed by atoms with Crippen LogP contribution in [0, 0.1) is 9.88 Å². The maximum atomic E-state index is 12.6. The minimum absolute atomic E-state index is 0.325. The van der Waals surface area contributed by atoms with Crippen LogP contribution in [0.25, 0.3) is 15.9 Å². The number of nitrogens with zero attached hydrogens (tertiary/aromatic N) is 1. The molecule has 6 heteroatoms. The van der Waals surface area contributed by atoms with Gasteiger partial charge in [0.2, 0.25) is 0 Å². The van der Waals surface area contributed by atoms with Gasteiger partial charge in [-0.25, -0.2) is 4.57 Å². The molecule has 0 atom stereocenters. The van der Waals surface area contributed by atoms with Crippen LogP contribution in [-0.4, -0.2) is 9.55 Å². The van der Waals surface area contributed by atoms with E-state index < -0.39 is 0 Å². The summed E-state index contributed by atoms with van der Waals surface area (Å²) in [7, 11) is 0. The predicted octanol–water partition coefficient (Wildman–Crippen LogP) is 3.12. The number of nitrogens with one attached hydrogen (secondary N) is 1. The van der Waals surface area contributed by atoms with E-state index in [9.17, 15) is 9.59 Å². The Morgan fingerprint density at radius 1 is 1.00 bits per heavy atom. The van der Waals surface area contributed by atoms with Crippen molar-refractivity contribution >= 4 is 33.2 Å². The fourth-order valence-electron chi connectivity index (χ4n) is 2.47. The summed E-state index contributed by atoms with van der Waals surface area (Å²) in [6, 6.07) is 14.3. The number of para-hydroxylation sites is 1. The third-order valence-corrected chi connectivity index (χ3v) is 4.86.